The van der Waals surface area contributed by atoms with Crippen molar-refractivity contribution >= 4 is 5.69 Å². The molecule has 0 aliphatic carbocycles. The summed E-state index contributed by atoms with van der Waals surface area (Å²) in [5, 5.41) is 0. The van der Waals surface area contributed by atoms with Gasteiger partial charge in [-0.1, -0.05) is 37.3 Å². The fourth-order valence-electron chi connectivity index (χ4n) is 4.11. The fraction of sp³-hybridized carbons (Fsp3) is 0.455. The van der Waals surface area contributed by atoms with Crippen molar-refractivity contribution in [2.24, 2.45) is 0 Å². The van der Waals surface area contributed by atoms with Gasteiger partial charge in [0.2, 0.25) is 0 Å². The van der Waals surface area contributed by atoms with Crippen LogP contribution in [0.15, 0.2) is 42.5 Å². The third kappa shape index (κ3) is 3.73. The lowest BCUT2D eigenvalue weighted by molar-refractivity contribution is 0.122. The van der Waals surface area contributed by atoms with Gasteiger partial charge >= 0.3 is 0 Å². The predicted octanol–water partition coefficient (Wildman–Crippen LogP) is 3.64. The second kappa shape index (κ2) is 7.59. The first-order valence-corrected chi connectivity index (χ1v) is 9.57. The lowest BCUT2D eigenvalue weighted by atomic mass is 9.93. The van der Waals surface area contributed by atoms with Crippen LogP contribution in [0, 0.1) is 0 Å². The van der Waals surface area contributed by atoms with Gasteiger partial charge in [0.1, 0.15) is 0 Å². The molecule has 132 valence electrons. The molecular formula is C22H28N2O. The second-order valence-corrected chi connectivity index (χ2v) is 7.13. The topological polar surface area (TPSA) is 15.7 Å². The van der Waals surface area contributed by atoms with Crippen LogP contribution in [0.3, 0.4) is 0 Å². The highest BCUT2D eigenvalue weighted by atomic mass is 16.5. The Morgan fingerprint density at radius 3 is 2.52 bits per heavy atom. The Labute approximate surface area is 151 Å². The predicted molar refractivity (Wildman–Crippen MR) is 103 cm³/mol. The van der Waals surface area contributed by atoms with Crippen molar-refractivity contribution in [3.63, 3.8) is 0 Å². The van der Waals surface area contributed by atoms with Crippen LogP contribution in [0.5, 0.6) is 0 Å². The van der Waals surface area contributed by atoms with E-state index in [-0.39, 0.29) is 0 Å². The standard InChI is InChI=1S/C22H28N2O/c1-2-19-4-3-5-20-17-23(11-10-22(19)20)16-18-6-8-21(9-7-18)24-12-14-25-15-13-24/h3-9H,2,10-17H2,1H3. The molecule has 0 unspecified atom stereocenters. The van der Waals surface area contributed by atoms with Crippen molar-refractivity contribution in [3.8, 4) is 0 Å². The maximum Gasteiger partial charge on any atom is 0.0642 e. The SMILES string of the molecule is CCc1cccc2c1CCN(Cc1ccc(N3CCOCC3)cc1)C2. The van der Waals surface area contributed by atoms with Crippen LogP contribution >= 0.6 is 0 Å². The largest absolute Gasteiger partial charge is 0.378 e. The number of hydrogen-bond acceptors (Lipinski definition) is 3. The molecular weight excluding hydrogens is 308 g/mol. The van der Waals surface area contributed by atoms with Crippen molar-refractivity contribution in [2.75, 3.05) is 37.7 Å². The van der Waals surface area contributed by atoms with Gasteiger partial charge in [-0.15, -0.1) is 0 Å². The Balaban J connectivity index is 1.41. The second-order valence-electron chi connectivity index (χ2n) is 7.13. The van der Waals surface area contributed by atoms with Crippen molar-refractivity contribution < 1.29 is 4.74 Å². The number of aryl methyl sites for hydroxylation is 1. The minimum atomic E-state index is 0.842. The van der Waals surface area contributed by atoms with E-state index in [0.717, 1.165) is 52.4 Å². The van der Waals surface area contributed by atoms with Gasteiger partial charge in [-0.25, -0.2) is 0 Å². The van der Waals surface area contributed by atoms with E-state index in [2.05, 4.69) is 59.2 Å². The van der Waals surface area contributed by atoms with Gasteiger partial charge in [0.05, 0.1) is 13.2 Å². The first-order valence-electron chi connectivity index (χ1n) is 9.57. The molecule has 0 aromatic heterocycles. The van der Waals surface area contributed by atoms with Crippen molar-refractivity contribution in [3.05, 3.63) is 64.7 Å². The number of morpholine rings is 1. The van der Waals surface area contributed by atoms with Crippen molar-refractivity contribution in [1.82, 2.24) is 4.90 Å². The van der Waals surface area contributed by atoms with Gasteiger partial charge < -0.3 is 9.64 Å². The summed E-state index contributed by atoms with van der Waals surface area (Å²) in [4.78, 5) is 4.99. The molecule has 0 saturated carbocycles. The highest BCUT2D eigenvalue weighted by Crippen LogP contribution is 2.25. The minimum absolute atomic E-state index is 0.842. The molecule has 0 spiro atoms. The number of ether oxygens (including phenoxy) is 1. The van der Waals surface area contributed by atoms with Gasteiger partial charge in [0.15, 0.2) is 0 Å². The maximum atomic E-state index is 5.44. The normalized spacial score (nSPS) is 18.2. The van der Waals surface area contributed by atoms with E-state index in [9.17, 15) is 0 Å². The highest BCUT2D eigenvalue weighted by molar-refractivity contribution is 5.48. The molecule has 1 fully saturated rings. The molecule has 1 saturated heterocycles. The number of hydrogen-bond donors (Lipinski definition) is 0. The molecule has 4 rings (SSSR count). The monoisotopic (exact) mass is 336 g/mol. The molecule has 3 nitrogen and oxygen atoms in total. The third-order valence-electron chi connectivity index (χ3n) is 5.54. The zero-order valence-corrected chi connectivity index (χ0v) is 15.2. The average molecular weight is 336 g/mol. The Hall–Kier alpha value is -1.84. The molecule has 0 atom stereocenters. The van der Waals surface area contributed by atoms with Gasteiger partial charge in [-0.2, -0.15) is 0 Å². The summed E-state index contributed by atoms with van der Waals surface area (Å²) in [6.45, 7) is 9.23. The summed E-state index contributed by atoms with van der Waals surface area (Å²) < 4.78 is 5.44. The van der Waals surface area contributed by atoms with E-state index in [1.165, 1.54) is 28.8 Å². The molecule has 0 amide bonds. The summed E-state index contributed by atoms with van der Waals surface area (Å²) >= 11 is 0. The van der Waals surface area contributed by atoms with Gasteiger partial charge in [0, 0.05) is 38.4 Å². The zero-order chi connectivity index (χ0) is 17.1. The number of rotatable bonds is 4. The van der Waals surface area contributed by atoms with Gasteiger partial charge in [-0.05, 0) is 47.2 Å². The van der Waals surface area contributed by atoms with Crippen molar-refractivity contribution in [2.45, 2.75) is 32.9 Å². The zero-order valence-electron chi connectivity index (χ0n) is 15.2. The van der Waals surface area contributed by atoms with Gasteiger partial charge in [0.25, 0.3) is 0 Å². The minimum Gasteiger partial charge on any atom is -0.378 e. The van der Waals surface area contributed by atoms with Crippen LogP contribution in [0.2, 0.25) is 0 Å². The number of fused-ring (bicyclic) bond motifs is 1. The molecule has 3 heteroatoms. The number of anilines is 1. The van der Waals surface area contributed by atoms with E-state index in [1.807, 2.05) is 0 Å². The van der Waals surface area contributed by atoms with Crippen LogP contribution in [-0.4, -0.2) is 37.7 Å². The molecule has 2 aromatic rings. The molecule has 2 aromatic carbocycles. The first-order chi connectivity index (χ1) is 12.3. The molecule has 0 bridgehead atoms. The number of nitrogens with zero attached hydrogens (tertiary/aromatic N) is 2. The van der Waals surface area contributed by atoms with E-state index in [0.29, 0.717) is 0 Å². The maximum absolute atomic E-state index is 5.44. The third-order valence-corrected chi connectivity index (χ3v) is 5.54. The first kappa shape index (κ1) is 16.6. The lowest BCUT2D eigenvalue weighted by Crippen LogP contribution is -2.36. The molecule has 2 aliphatic heterocycles. The lowest BCUT2D eigenvalue weighted by Gasteiger charge is -2.31. The summed E-state index contributed by atoms with van der Waals surface area (Å²) in [5.41, 5.74) is 7.39. The van der Waals surface area contributed by atoms with Gasteiger partial charge in [-0.3, -0.25) is 4.90 Å². The van der Waals surface area contributed by atoms with E-state index in [1.54, 1.807) is 5.56 Å². The Kier molecular flexibility index (Phi) is 5.04. The van der Waals surface area contributed by atoms with Crippen LogP contribution in [0.25, 0.3) is 0 Å². The molecule has 0 N–H and O–H groups in total. The quantitative estimate of drug-likeness (QED) is 0.848. The average Bonchev–Trinajstić information content (AvgIpc) is 2.68. The van der Waals surface area contributed by atoms with E-state index >= 15 is 0 Å². The van der Waals surface area contributed by atoms with Crippen LogP contribution in [0.1, 0.15) is 29.2 Å². The highest BCUT2D eigenvalue weighted by Gasteiger charge is 2.18. The van der Waals surface area contributed by atoms with Crippen LogP contribution in [-0.2, 0) is 30.7 Å². The van der Waals surface area contributed by atoms with Crippen molar-refractivity contribution in [1.29, 1.82) is 0 Å². The van der Waals surface area contributed by atoms with Crippen LogP contribution in [0.4, 0.5) is 5.69 Å². The van der Waals surface area contributed by atoms with E-state index < -0.39 is 0 Å². The fourth-order valence-corrected chi connectivity index (χ4v) is 4.11. The summed E-state index contributed by atoms with van der Waals surface area (Å²) in [6, 6.07) is 16.0. The molecule has 0 radical (unpaired) electrons. The Bertz CT molecular complexity index is 704. The summed E-state index contributed by atoms with van der Waals surface area (Å²) in [7, 11) is 0. The Morgan fingerprint density at radius 1 is 0.960 bits per heavy atom. The molecule has 25 heavy (non-hydrogen) atoms. The summed E-state index contributed by atoms with van der Waals surface area (Å²) in [5.74, 6) is 0. The Morgan fingerprint density at radius 2 is 1.76 bits per heavy atom. The summed E-state index contributed by atoms with van der Waals surface area (Å²) in [6.07, 6.45) is 2.33. The molecule has 2 aliphatic rings. The van der Waals surface area contributed by atoms with Crippen LogP contribution < -0.4 is 4.90 Å². The smallest absolute Gasteiger partial charge is 0.0642 e. The van der Waals surface area contributed by atoms with E-state index in [4.69, 9.17) is 4.74 Å². The molecule has 2 heterocycles. The number of benzene rings is 2.